The van der Waals surface area contributed by atoms with Crippen LogP contribution in [-0.4, -0.2) is 25.1 Å². The first kappa shape index (κ1) is 15.4. The molecule has 0 aliphatic rings. The number of aromatic nitrogens is 4. The standard InChI is InChI=1S/C19H19N5O/c1-13(2)23-10-8-14-6-7-15(11-16(14)23)19(25)20-12-18-22-21-17-5-3-4-9-24(17)18/h3-11,13H,12H2,1-2H3,(H,20,25). The second kappa shape index (κ2) is 6.05. The maximum atomic E-state index is 12.5. The second-order valence-corrected chi connectivity index (χ2v) is 6.32. The fourth-order valence-electron chi connectivity index (χ4n) is 3.01. The molecule has 0 fully saturated rings. The molecule has 4 rings (SSSR count). The number of hydrogen-bond acceptors (Lipinski definition) is 3. The van der Waals surface area contributed by atoms with Gasteiger partial charge < -0.3 is 9.88 Å². The smallest absolute Gasteiger partial charge is 0.251 e. The Bertz CT molecular complexity index is 1060. The number of nitrogens with one attached hydrogen (secondary N) is 1. The van der Waals surface area contributed by atoms with Crippen molar-refractivity contribution in [3.05, 3.63) is 66.2 Å². The molecule has 3 heterocycles. The van der Waals surface area contributed by atoms with Crippen LogP contribution in [-0.2, 0) is 6.54 Å². The fraction of sp³-hybridized carbons (Fsp3) is 0.211. The predicted molar refractivity (Wildman–Crippen MR) is 96.5 cm³/mol. The number of rotatable bonds is 4. The molecule has 0 bridgehead atoms. The SMILES string of the molecule is CC(C)n1ccc2ccc(C(=O)NCc3nnc4ccccn34)cc21. The zero-order chi connectivity index (χ0) is 17.4. The minimum absolute atomic E-state index is 0.119. The fourth-order valence-corrected chi connectivity index (χ4v) is 3.01. The molecule has 0 unspecified atom stereocenters. The van der Waals surface area contributed by atoms with Crippen molar-refractivity contribution in [3.63, 3.8) is 0 Å². The normalized spacial score (nSPS) is 11.5. The Kier molecular flexibility index (Phi) is 3.72. The van der Waals surface area contributed by atoms with Gasteiger partial charge in [-0.3, -0.25) is 9.20 Å². The van der Waals surface area contributed by atoms with E-state index in [-0.39, 0.29) is 5.91 Å². The number of pyridine rings is 1. The molecule has 6 heteroatoms. The van der Waals surface area contributed by atoms with Gasteiger partial charge >= 0.3 is 0 Å². The van der Waals surface area contributed by atoms with Crippen LogP contribution in [0.25, 0.3) is 16.6 Å². The van der Waals surface area contributed by atoms with Gasteiger partial charge in [-0.2, -0.15) is 0 Å². The van der Waals surface area contributed by atoms with Gasteiger partial charge in [0.25, 0.3) is 5.91 Å². The van der Waals surface area contributed by atoms with E-state index in [2.05, 4.69) is 46.2 Å². The number of carbonyl (C=O) groups is 1. The molecule has 0 saturated carbocycles. The summed E-state index contributed by atoms with van der Waals surface area (Å²) in [6.07, 6.45) is 3.94. The van der Waals surface area contributed by atoms with E-state index in [1.807, 2.05) is 47.0 Å². The van der Waals surface area contributed by atoms with Gasteiger partial charge in [0.1, 0.15) is 0 Å². The Morgan fingerprint density at radius 1 is 1.12 bits per heavy atom. The molecule has 25 heavy (non-hydrogen) atoms. The lowest BCUT2D eigenvalue weighted by atomic mass is 10.1. The molecule has 0 radical (unpaired) electrons. The highest BCUT2D eigenvalue weighted by atomic mass is 16.1. The first-order valence-corrected chi connectivity index (χ1v) is 8.31. The van der Waals surface area contributed by atoms with Gasteiger partial charge in [0, 0.05) is 29.5 Å². The molecule has 1 amide bonds. The first-order valence-electron chi connectivity index (χ1n) is 8.31. The van der Waals surface area contributed by atoms with E-state index in [0.717, 1.165) is 16.6 Å². The van der Waals surface area contributed by atoms with Crippen LogP contribution in [0.5, 0.6) is 0 Å². The van der Waals surface area contributed by atoms with Gasteiger partial charge in [0.15, 0.2) is 11.5 Å². The van der Waals surface area contributed by atoms with Crippen molar-refractivity contribution in [3.8, 4) is 0 Å². The third-order valence-corrected chi connectivity index (χ3v) is 4.33. The van der Waals surface area contributed by atoms with Gasteiger partial charge in [-0.25, -0.2) is 0 Å². The third-order valence-electron chi connectivity index (χ3n) is 4.33. The Labute approximate surface area is 145 Å². The number of nitrogens with zero attached hydrogens (tertiary/aromatic N) is 4. The molecule has 6 nitrogen and oxygen atoms in total. The van der Waals surface area contributed by atoms with Crippen LogP contribution in [0.2, 0.25) is 0 Å². The van der Waals surface area contributed by atoms with Crippen LogP contribution in [0.3, 0.4) is 0 Å². The molecule has 0 saturated heterocycles. The second-order valence-electron chi connectivity index (χ2n) is 6.32. The van der Waals surface area contributed by atoms with Crippen LogP contribution >= 0.6 is 0 Å². The van der Waals surface area contributed by atoms with Crippen molar-refractivity contribution in [1.82, 2.24) is 24.5 Å². The third kappa shape index (κ3) is 2.76. The lowest BCUT2D eigenvalue weighted by Crippen LogP contribution is -2.24. The van der Waals surface area contributed by atoms with Crippen molar-refractivity contribution in [2.75, 3.05) is 0 Å². The zero-order valence-corrected chi connectivity index (χ0v) is 14.2. The summed E-state index contributed by atoms with van der Waals surface area (Å²) in [6, 6.07) is 13.9. The van der Waals surface area contributed by atoms with E-state index in [0.29, 0.717) is 24.0 Å². The Morgan fingerprint density at radius 3 is 2.84 bits per heavy atom. The summed E-state index contributed by atoms with van der Waals surface area (Å²) in [4.78, 5) is 12.5. The topological polar surface area (TPSA) is 64.2 Å². The molecule has 0 spiro atoms. The van der Waals surface area contributed by atoms with Crippen LogP contribution in [0.15, 0.2) is 54.9 Å². The van der Waals surface area contributed by atoms with Crippen molar-refractivity contribution in [1.29, 1.82) is 0 Å². The largest absolute Gasteiger partial charge is 0.345 e. The van der Waals surface area contributed by atoms with E-state index in [9.17, 15) is 4.79 Å². The summed E-state index contributed by atoms with van der Waals surface area (Å²) in [5.41, 5.74) is 2.47. The minimum atomic E-state index is -0.119. The van der Waals surface area contributed by atoms with Gasteiger partial charge in [0.05, 0.1) is 6.54 Å². The number of hydrogen-bond donors (Lipinski definition) is 1. The van der Waals surface area contributed by atoms with Crippen molar-refractivity contribution in [2.24, 2.45) is 0 Å². The summed E-state index contributed by atoms with van der Waals surface area (Å²) in [6.45, 7) is 4.58. The number of benzene rings is 1. The summed E-state index contributed by atoms with van der Waals surface area (Å²) >= 11 is 0. The predicted octanol–water partition coefficient (Wildman–Crippen LogP) is 3.19. The molecule has 3 aromatic heterocycles. The van der Waals surface area contributed by atoms with E-state index in [4.69, 9.17) is 0 Å². The number of fused-ring (bicyclic) bond motifs is 2. The zero-order valence-electron chi connectivity index (χ0n) is 14.2. The van der Waals surface area contributed by atoms with E-state index >= 15 is 0 Å². The summed E-state index contributed by atoms with van der Waals surface area (Å²) in [5.74, 6) is 0.585. The molecule has 1 aromatic carbocycles. The Morgan fingerprint density at radius 2 is 2.00 bits per heavy atom. The number of carbonyl (C=O) groups excluding carboxylic acids is 1. The minimum Gasteiger partial charge on any atom is -0.345 e. The highest BCUT2D eigenvalue weighted by molar-refractivity contribution is 5.98. The van der Waals surface area contributed by atoms with Gasteiger partial charge in [-0.1, -0.05) is 12.1 Å². The van der Waals surface area contributed by atoms with Crippen LogP contribution in [0, 0.1) is 0 Å². The van der Waals surface area contributed by atoms with Crippen LogP contribution in [0.4, 0.5) is 0 Å². The number of amides is 1. The lowest BCUT2D eigenvalue weighted by Gasteiger charge is -2.10. The molecule has 0 aliphatic heterocycles. The van der Waals surface area contributed by atoms with Crippen molar-refractivity contribution >= 4 is 22.5 Å². The molecule has 0 aliphatic carbocycles. The molecular weight excluding hydrogens is 314 g/mol. The summed E-state index contributed by atoms with van der Waals surface area (Å²) in [5, 5.41) is 12.3. The monoisotopic (exact) mass is 333 g/mol. The maximum Gasteiger partial charge on any atom is 0.251 e. The van der Waals surface area contributed by atoms with Crippen LogP contribution in [0.1, 0.15) is 36.1 Å². The molecular formula is C19H19N5O. The van der Waals surface area contributed by atoms with Gasteiger partial charge in [0.2, 0.25) is 0 Å². The first-order chi connectivity index (χ1) is 12.1. The van der Waals surface area contributed by atoms with Crippen LogP contribution < -0.4 is 5.32 Å². The Hall–Kier alpha value is -3.15. The highest BCUT2D eigenvalue weighted by Gasteiger charge is 2.11. The van der Waals surface area contributed by atoms with E-state index in [1.165, 1.54) is 0 Å². The molecule has 0 atom stereocenters. The van der Waals surface area contributed by atoms with Gasteiger partial charge in [-0.05, 0) is 49.6 Å². The van der Waals surface area contributed by atoms with E-state index < -0.39 is 0 Å². The van der Waals surface area contributed by atoms with E-state index in [1.54, 1.807) is 0 Å². The molecule has 1 N–H and O–H groups in total. The quantitative estimate of drug-likeness (QED) is 0.624. The molecule has 4 aromatic rings. The average Bonchev–Trinajstić information content (AvgIpc) is 3.23. The highest BCUT2D eigenvalue weighted by Crippen LogP contribution is 2.21. The maximum absolute atomic E-state index is 12.5. The summed E-state index contributed by atoms with van der Waals surface area (Å²) < 4.78 is 4.03. The lowest BCUT2D eigenvalue weighted by molar-refractivity contribution is 0.0950. The Balaban J connectivity index is 1.56. The molecule has 126 valence electrons. The van der Waals surface area contributed by atoms with Crippen molar-refractivity contribution < 1.29 is 4.79 Å². The van der Waals surface area contributed by atoms with Gasteiger partial charge in [-0.15, -0.1) is 10.2 Å². The van der Waals surface area contributed by atoms with Crippen molar-refractivity contribution in [2.45, 2.75) is 26.4 Å². The summed E-state index contributed by atoms with van der Waals surface area (Å²) in [7, 11) is 0. The average molecular weight is 333 g/mol.